The molecule has 1 amide bonds. The Labute approximate surface area is 105 Å². The number of hydrogen-bond acceptors (Lipinski definition) is 4. The molecular weight excluding hydrogens is 236 g/mol. The molecule has 0 saturated heterocycles. The average Bonchev–Trinajstić information content (AvgIpc) is 2.34. The number of carbonyl (C=O) groups excluding carboxylic acids is 1. The van der Waals surface area contributed by atoms with Crippen LogP contribution < -0.4 is 15.8 Å². The van der Waals surface area contributed by atoms with Gasteiger partial charge in [0, 0.05) is 11.8 Å². The highest BCUT2D eigenvalue weighted by Crippen LogP contribution is 2.21. The summed E-state index contributed by atoms with van der Waals surface area (Å²) in [6.45, 7) is 1.68. The van der Waals surface area contributed by atoms with Crippen LogP contribution in [0.1, 0.15) is 23.7 Å². The first kappa shape index (κ1) is 13.8. The number of methoxy groups -OCH3 is 1. The minimum Gasteiger partial charge on any atom is -0.496 e. The van der Waals surface area contributed by atoms with Gasteiger partial charge in [-0.25, -0.2) is 4.79 Å². The number of carboxylic acids is 1. The predicted octanol–water partition coefficient (Wildman–Crippen LogP) is 0.870. The van der Waals surface area contributed by atoms with Gasteiger partial charge in [-0.2, -0.15) is 0 Å². The number of benzene rings is 1. The molecule has 0 saturated carbocycles. The van der Waals surface area contributed by atoms with Crippen molar-refractivity contribution in [3.63, 3.8) is 0 Å². The van der Waals surface area contributed by atoms with Crippen molar-refractivity contribution in [3.05, 3.63) is 23.8 Å². The molecule has 0 fully saturated rings. The van der Waals surface area contributed by atoms with Gasteiger partial charge < -0.3 is 20.9 Å². The second-order valence-corrected chi connectivity index (χ2v) is 3.73. The van der Waals surface area contributed by atoms with Gasteiger partial charge in [0.15, 0.2) is 0 Å². The number of anilines is 1. The highest BCUT2D eigenvalue weighted by atomic mass is 16.5. The average molecular weight is 252 g/mol. The maximum atomic E-state index is 11.9. The number of rotatable bonds is 5. The first-order chi connectivity index (χ1) is 8.49. The number of nitrogens with one attached hydrogen (secondary N) is 1. The van der Waals surface area contributed by atoms with Gasteiger partial charge in [-0.1, -0.05) is 6.92 Å². The highest BCUT2D eigenvalue weighted by molar-refractivity contribution is 5.99. The summed E-state index contributed by atoms with van der Waals surface area (Å²) in [6.07, 6.45) is 0.304. The smallest absolute Gasteiger partial charge is 0.326 e. The van der Waals surface area contributed by atoms with E-state index in [0.29, 0.717) is 17.9 Å². The molecule has 98 valence electrons. The molecule has 1 aromatic rings. The summed E-state index contributed by atoms with van der Waals surface area (Å²) in [6, 6.07) is 3.65. The number of carboxylic acid groups (broad SMARTS) is 1. The van der Waals surface area contributed by atoms with Crippen LogP contribution in [0.4, 0.5) is 5.69 Å². The van der Waals surface area contributed by atoms with Crippen molar-refractivity contribution in [2.24, 2.45) is 0 Å². The van der Waals surface area contributed by atoms with Gasteiger partial charge in [0.25, 0.3) is 5.91 Å². The molecule has 18 heavy (non-hydrogen) atoms. The lowest BCUT2D eigenvalue weighted by Crippen LogP contribution is -2.40. The number of hydrogen-bond donors (Lipinski definition) is 3. The summed E-state index contributed by atoms with van der Waals surface area (Å²) in [5.74, 6) is -1.26. The van der Waals surface area contributed by atoms with Gasteiger partial charge >= 0.3 is 5.97 Å². The van der Waals surface area contributed by atoms with Crippen molar-refractivity contribution in [1.29, 1.82) is 0 Å². The van der Waals surface area contributed by atoms with Gasteiger partial charge in [0.05, 0.1) is 12.7 Å². The number of nitrogens with two attached hydrogens (primary N) is 1. The van der Waals surface area contributed by atoms with E-state index in [0.717, 1.165) is 0 Å². The molecular formula is C12H16N2O4. The Kier molecular flexibility index (Phi) is 4.53. The summed E-state index contributed by atoms with van der Waals surface area (Å²) >= 11 is 0. The summed E-state index contributed by atoms with van der Waals surface area (Å²) in [7, 11) is 1.42. The van der Waals surface area contributed by atoms with E-state index in [1.807, 2.05) is 0 Å². The van der Waals surface area contributed by atoms with E-state index in [9.17, 15) is 9.59 Å². The fraction of sp³-hybridized carbons (Fsp3) is 0.333. The van der Waals surface area contributed by atoms with Crippen molar-refractivity contribution >= 4 is 17.6 Å². The quantitative estimate of drug-likeness (QED) is 0.675. The number of nitrogen functional groups attached to an aromatic ring is 1. The molecule has 0 bridgehead atoms. The summed E-state index contributed by atoms with van der Waals surface area (Å²) in [5.41, 5.74) is 6.30. The van der Waals surface area contributed by atoms with Crippen LogP contribution in [0.2, 0.25) is 0 Å². The molecule has 1 aromatic carbocycles. The van der Waals surface area contributed by atoms with Crippen molar-refractivity contribution in [2.75, 3.05) is 12.8 Å². The topological polar surface area (TPSA) is 102 Å². The minimum absolute atomic E-state index is 0.256. The first-order valence-electron chi connectivity index (χ1n) is 5.46. The van der Waals surface area contributed by atoms with E-state index in [1.54, 1.807) is 13.0 Å². The monoisotopic (exact) mass is 252 g/mol. The third-order valence-corrected chi connectivity index (χ3v) is 2.48. The minimum atomic E-state index is -1.07. The van der Waals surface area contributed by atoms with Crippen LogP contribution in [0.15, 0.2) is 18.2 Å². The molecule has 6 nitrogen and oxygen atoms in total. The lowest BCUT2D eigenvalue weighted by Gasteiger charge is -2.14. The van der Waals surface area contributed by atoms with Gasteiger partial charge in [-0.15, -0.1) is 0 Å². The summed E-state index contributed by atoms with van der Waals surface area (Å²) in [4.78, 5) is 22.8. The maximum Gasteiger partial charge on any atom is 0.326 e. The van der Waals surface area contributed by atoms with E-state index < -0.39 is 17.9 Å². The number of carbonyl (C=O) groups is 2. The van der Waals surface area contributed by atoms with Crippen molar-refractivity contribution < 1.29 is 19.4 Å². The zero-order valence-corrected chi connectivity index (χ0v) is 10.3. The fourth-order valence-electron chi connectivity index (χ4n) is 1.47. The van der Waals surface area contributed by atoms with Crippen molar-refractivity contribution in [2.45, 2.75) is 19.4 Å². The molecule has 4 N–H and O–H groups in total. The lowest BCUT2D eigenvalue weighted by molar-refractivity contribution is -0.139. The molecule has 0 unspecified atom stereocenters. The Morgan fingerprint density at radius 3 is 2.67 bits per heavy atom. The Hall–Kier alpha value is -2.24. The van der Waals surface area contributed by atoms with E-state index in [1.165, 1.54) is 19.2 Å². The molecule has 0 spiro atoms. The molecule has 0 aliphatic heterocycles. The summed E-state index contributed by atoms with van der Waals surface area (Å²) in [5, 5.41) is 11.3. The van der Waals surface area contributed by atoms with Gasteiger partial charge in [-0.05, 0) is 18.6 Å². The van der Waals surface area contributed by atoms with Crippen LogP contribution >= 0.6 is 0 Å². The fourth-order valence-corrected chi connectivity index (χ4v) is 1.47. The van der Waals surface area contributed by atoms with Gasteiger partial charge in [-0.3, -0.25) is 4.79 Å². The van der Waals surface area contributed by atoms with Crippen LogP contribution in [-0.4, -0.2) is 30.1 Å². The Morgan fingerprint density at radius 1 is 1.50 bits per heavy atom. The second kappa shape index (κ2) is 5.90. The van der Waals surface area contributed by atoms with Crippen LogP contribution in [0.5, 0.6) is 5.75 Å². The predicted molar refractivity (Wildman–Crippen MR) is 66.6 cm³/mol. The number of aliphatic carboxylic acids is 1. The third kappa shape index (κ3) is 3.13. The zero-order chi connectivity index (χ0) is 13.7. The molecule has 0 heterocycles. The largest absolute Gasteiger partial charge is 0.496 e. The Morgan fingerprint density at radius 2 is 2.17 bits per heavy atom. The number of ether oxygens (including phenoxy) is 1. The van der Waals surface area contributed by atoms with Crippen LogP contribution in [0.3, 0.4) is 0 Å². The zero-order valence-electron chi connectivity index (χ0n) is 10.3. The maximum absolute atomic E-state index is 11.9. The van der Waals surface area contributed by atoms with E-state index in [-0.39, 0.29) is 5.56 Å². The van der Waals surface area contributed by atoms with E-state index >= 15 is 0 Å². The van der Waals surface area contributed by atoms with Gasteiger partial charge in [0.1, 0.15) is 11.8 Å². The molecule has 1 atom stereocenters. The molecule has 0 aliphatic rings. The lowest BCUT2D eigenvalue weighted by atomic mass is 10.1. The van der Waals surface area contributed by atoms with E-state index in [2.05, 4.69) is 5.32 Å². The van der Waals surface area contributed by atoms with Crippen LogP contribution in [0.25, 0.3) is 0 Å². The highest BCUT2D eigenvalue weighted by Gasteiger charge is 2.20. The molecule has 1 rings (SSSR count). The van der Waals surface area contributed by atoms with Crippen LogP contribution in [-0.2, 0) is 4.79 Å². The normalized spacial score (nSPS) is 11.7. The standard InChI is InChI=1S/C12H16N2O4/c1-3-9(12(16)17)14-11(15)8-5-4-7(13)6-10(8)18-2/h4-6,9H,3,13H2,1-2H3,(H,14,15)(H,16,17)/t9-/m1/s1. The molecule has 0 aliphatic carbocycles. The Balaban J connectivity index is 2.93. The first-order valence-corrected chi connectivity index (χ1v) is 5.46. The van der Waals surface area contributed by atoms with Gasteiger partial charge in [0.2, 0.25) is 0 Å². The van der Waals surface area contributed by atoms with Crippen molar-refractivity contribution in [1.82, 2.24) is 5.32 Å². The molecule has 0 radical (unpaired) electrons. The van der Waals surface area contributed by atoms with Crippen molar-refractivity contribution in [3.8, 4) is 5.75 Å². The molecule has 0 aromatic heterocycles. The third-order valence-electron chi connectivity index (χ3n) is 2.48. The SMILES string of the molecule is CC[C@@H](NC(=O)c1ccc(N)cc1OC)C(=O)O. The Bertz CT molecular complexity index is 459. The second-order valence-electron chi connectivity index (χ2n) is 3.73. The summed E-state index contributed by atoms with van der Waals surface area (Å²) < 4.78 is 5.03. The molecule has 6 heteroatoms. The van der Waals surface area contributed by atoms with E-state index in [4.69, 9.17) is 15.6 Å². The van der Waals surface area contributed by atoms with Crippen LogP contribution in [0, 0.1) is 0 Å². The number of amides is 1.